The Morgan fingerprint density at radius 2 is 1.60 bits per heavy atom. The van der Waals surface area contributed by atoms with Gasteiger partial charge in [0.05, 0.1) is 5.69 Å². The first-order valence-corrected chi connectivity index (χ1v) is 7.80. The fraction of sp³-hybridized carbons (Fsp3) is 0.100. The molecule has 5 heteroatoms. The van der Waals surface area contributed by atoms with Crippen molar-refractivity contribution in [3.8, 4) is 0 Å². The van der Waals surface area contributed by atoms with Crippen molar-refractivity contribution in [1.82, 2.24) is 0 Å². The number of benzene rings is 3. The van der Waals surface area contributed by atoms with E-state index in [1.54, 1.807) is 12.1 Å². The molecule has 0 bridgehead atoms. The highest BCUT2D eigenvalue weighted by Gasteiger charge is 2.12. The van der Waals surface area contributed by atoms with Crippen molar-refractivity contribution in [2.75, 3.05) is 5.32 Å². The third-order valence-corrected chi connectivity index (χ3v) is 3.86. The highest BCUT2D eigenvalue weighted by molar-refractivity contribution is 6.02. The van der Waals surface area contributed by atoms with Gasteiger partial charge in [-0.1, -0.05) is 36.4 Å². The van der Waals surface area contributed by atoms with E-state index in [2.05, 4.69) is 5.32 Å². The van der Waals surface area contributed by atoms with Crippen LogP contribution in [0.1, 0.15) is 23.2 Å². The van der Waals surface area contributed by atoms with Crippen LogP contribution in [0.2, 0.25) is 0 Å². The van der Waals surface area contributed by atoms with Gasteiger partial charge in [0, 0.05) is 24.5 Å². The molecule has 3 rings (SSSR count). The lowest BCUT2D eigenvalue weighted by Gasteiger charge is -2.07. The van der Waals surface area contributed by atoms with Crippen molar-refractivity contribution in [3.63, 3.8) is 0 Å². The van der Waals surface area contributed by atoms with Crippen LogP contribution >= 0.6 is 0 Å². The van der Waals surface area contributed by atoms with E-state index in [0.717, 1.165) is 22.9 Å². The third kappa shape index (κ3) is 4.07. The van der Waals surface area contributed by atoms with Gasteiger partial charge in [-0.3, -0.25) is 9.59 Å². The maximum absolute atomic E-state index is 13.5. The summed E-state index contributed by atoms with van der Waals surface area (Å²) in [6.45, 7) is 0. The highest BCUT2D eigenvalue weighted by Crippen LogP contribution is 2.18. The molecule has 0 aromatic heterocycles. The summed E-state index contributed by atoms with van der Waals surface area (Å²) in [5.74, 6) is -2.24. The van der Waals surface area contributed by atoms with E-state index in [1.165, 1.54) is 0 Å². The molecule has 3 aromatic rings. The Kier molecular flexibility index (Phi) is 4.84. The molecular weight excluding hydrogens is 324 g/mol. The van der Waals surface area contributed by atoms with Gasteiger partial charge in [0.15, 0.2) is 5.78 Å². The molecule has 0 atom stereocenters. The van der Waals surface area contributed by atoms with E-state index in [0.29, 0.717) is 11.6 Å². The Morgan fingerprint density at radius 3 is 2.36 bits per heavy atom. The lowest BCUT2D eigenvalue weighted by molar-refractivity contribution is -0.116. The number of carbonyl (C=O) groups excluding carboxylic acids is 2. The minimum absolute atomic E-state index is 0.00693. The molecular formula is C20H15F2NO2. The largest absolute Gasteiger partial charge is 0.324 e. The van der Waals surface area contributed by atoms with E-state index in [-0.39, 0.29) is 24.3 Å². The molecule has 1 amide bonds. The molecule has 1 N–H and O–H groups in total. The second-order valence-electron chi connectivity index (χ2n) is 5.66. The second kappa shape index (κ2) is 7.21. The molecule has 126 valence electrons. The summed E-state index contributed by atoms with van der Waals surface area (Å²) < 4.78 is 26.3. The average molecular weight is 339 g/mol. The standard InChI is InChI=1S/C20H15F2NO2/c21-16-7-8-18(17(22)12-16)23-20(25)10-9-19(24)15-6-5-13-3-1-2-4-14(13)11-15/h1-8,11-12H,9-10H2,(H,23,25). The molecule has 0 saturated carbocycles. The topological polar surface area (TPSA) is 46.2 Å². The Labute approximate surface area is 143 Å². The van der Waals surface area contributed by atoms with Gasteiger partial charge in [0.2, 0.25) is 5.91 Å². The van der Waals surface area contributed by atoms with Gasteiger partial charge in [-0.25, -0.2) is 8.78 Å². The highest BCUT2D eigenvalue weighted by atomic mass is 19.1. The van der Waals surface area contributed by atoms with E-state index in [4.69, 9.17) is 0 Å². The van der Waals surface area contributed by atoms with Crippen LogP contribution in [0.3, 0.4) is 0 Å². The fourth-order valence-electron chi connectivity index (χ4n) is 2.54. The first-order chi connectivity index (χ1) is 12.0. The van der Waals surface area contributed by atoms with Gasteiger partial charge in [-0.05, 0) is 29.0 Å². The van der Waals surface area contributed by atoms with Crippen LogP contribution in [0.5, 0.6) is 0 Å². The van der Waals surface area contributed by atoms with Crippen LogP contribution in [0.4, 0.5) is 14.5 Å². The van der Waals surface area contributed by atoms with Crippen molar-refractivity contribution in [3.05, 3.63) is 77.9 Å². The van der Waals surface area contributed by atoms with Crippen molar-refractivity contribution in [2.45, 2.75) is 12.8 Å². The molecule has 0 aliphatic heterocycles. The molecule has 0 fully saturated rings. The van der Waals surface area contributed by atoms with Crippen LogP contribution in [0.25, 0.3) is 10.8 Å². The number of carbonyl (C=O) groups is 2. The SMILES string of the molecule is O=C(CCC(=O)c1ccc2ccccc2c1)Nc1ccc(F)cc1F. The Balaban J connectivity index is 1.61. The molecule has 0 unspecified atom stereocenters. The monoisotopic (exact) mass is 339 g/mol. The molecule has 0 spiro atoms. The van der Waals surface area contributed by atoms with Crippen LogP contribution in [0, 0.1) is 11.6 Å². The second-order valence-corrected chi connectivity index (χ2v) is 5.66. The molecule has 0 aliphatic rings. The van der Waals surface area contributed by atoms with E-state index >= 15 is 0 Å². The molecule has 0 heterocycles. The third-order valence-electron chi connectivity index (χ3n) is 3.86. The molecule has 3 aromatic carbocycles. The van der Waals surface area contributed by atoms with Gasteiger partial charge < -0.3 is 5.32 Å². The Hall–Kier alpha value is -3.08. The fourth-order valence-corrected chi connectivity index (χ4v) is 2.54. The van der Waals surface area contributed by atoms with Gasteiger partial charge in [-0.2, -0.15) is 0 Å². The summed E-state index contributed by atoms with van der Waals surface area (Å²) in [6.07, 6.45) is -0.0739. The minimum atomic E-state index is -0.853. The normalized spacial score (nSPS) is 10.6. The zero-order chi connectivity index (χ0) is 17.8. The van der Waals surface area contributed by atoms with Gasteiger partial charge in [0.1, 0.15) is 11.6 Å². The number of halogens is 2. The van der Waals surface area contributed by atoms with Gasteiger partial charge >= 0.3 is 0 Å². The number of amides is 1. The number of ketones is 1. The Bertz CT molecular complexity index is 953. The first kappa shape index (κ1) is 16.8. The van der Waals surface area contributed by atoms with Gasteiger partial charge in [-0.15, -0.1) is 0 Å². The number of hydrogen-bond acceptors (Lipinski definition) is 2. The molecule has 0 aliphatic carbocycles. The zero-order valence-corrected chi connectivity index (χ0v) is 13.3. The number of nitrogens with one attached hydrogen (secondary N) is 1. The Morgan fingerprint density at radius 1 is 0.840 bits per heavy atom. The van der Waals surface area contributed by atoms with E-state index in [9.17, 15) is 18.4 Å². The van der Waals surface area contributed by atoms with Crippen LogP contribution in [0.15, 0.2) is 60.7 Å². The van der Waals surface area contributed by atoms with E-state index in [1.807, 2.05) is 30.3 Å². The molecule has 3 nitrogen and oxygen atoms in total. The summed E-state index contributed by atoms with van der Waals surface area (Å²) in [5, 5.41) is 4.32. The quantitative estimate of drug-likeness (QED) is 0.684. The van der Waals surface area contributed by atoms with Crippen LogP contribution < -0.4 is 5.32 Å². The summed E-state index contributed by atoms with van der Waals surface area (Å²) in [4.78, 5) is 24.1. The van der Waals surface area contributed by atoms with E-state index < -0.39 is 17.5 Å². The first-order valence-electron chi connectivity index (χ1n) is 7.80. The van der Waals surface area contributed by atoms with Gasteiger partial charge in [0.25, 0.3) is 0 Å². The predicted molar refractivity (Wildman–Crippen MR) is 92.5 cm³/mol. The number of anilines is 1. The minimum Gasteiger partial charge on any atom is -0.324 e. The zero-order valence-electron chi connectivity index (χ0n) is 13.3. The maximum atomic E-state index is 13.5. The number of Topliss-reactive ketones (excluding diaryl/α,β-unsaturated/α-hetero) is 1. The van der Waals surface area contributed by atoms with Crippen molar-refractivity contribution in [2.24, 2.45) is 0 Å². The van der Waals surface area contributed by atoms with Crippen molar-refractivity contribution < 1.29 is 18.4 Å². The smallest absolute Gasteiger partial charge is 0.224 e. The molecule has 0 saturated heterocycles. The summed E-state index contributed by atoms with van der Waals surface area (Å²) in [7, 11) is 0. The summed E-state index contributed by atoms with van der Waals surface area (Å²) >= 11 is 0. The number of rotatable bonds is 5. The molecule has 25 heavy (non-hydrogen) atoms. The lowest BCUT2D eigenvalue weighted by atomic mass is 10.0. The van der Waals surface area contributed by atoms with Crippen molar-refractivity contribution >= 4 is 28.2 Å². The van der Waals surface area contributed by atoms with Crippen molar-refractivity contribution in [1.29, 1.82) is 0 Å². The maximum Gasteiger partial charge on any atom is 0.224 e. The lowest BCUT2D eigenvalue weighted by Crippen LogP contribution is -2.14. The number of hydrogen-bond donors (Lipinski definition) is 1. The predicted octanol–water partition coefficient (Wildman–Crippen LogP) is 4.72. The van der Waals surface area contributed by atoms with Crippen LogP contribution in [-0.2, 0) is 4.79 Å². The average Bonchev–Trinajstić information content (AvgIpc) is 2.61. The number of fused-ring (bicyclic) bond motifs is 1. The molecule has 0 radical (unpaired) electrons. The summed E-state index contributed by atoms with van der Waals surface area (Å²) in [6, 6.07) is 15.9. The van der Waals surface area contributed by atoms with Crippen LogP contribution in [-0.4, -0.2) is 11.7 Å². The summed E-state index contributed by atoms with van der Waals surface area (Å²) in [5.41, 5.74) is 0.420.